The maximum atomic E-state index is 10.9. The molecule has 1 aliphatic heterocycles. The van der Waals surface area contributed by atoms with Gasteiger partial charge in [-0.1, -0.05) is 0 Å². The number of hydrogen-bond donors (Lipinski definition) is 2. The maximum absolute atomic E-state index is 10.9. The van der Waals surface area contributed by atoms with E-state index in [9.17, 15) is 9.59 Å². The van der Waals surface area contributed by atoms with Crippen molar-refractivity contribution in [2.75, 3.05) is 11.5 Å². The fourth-order valence-electron chi connectivity index (χ4n) is 1.55. The van der Waals surface area contributed by atoms with Gasteiger partial charge in [-0.25, -0.2) is 0 Å². The number of hydrogen-bond acceptors (Lipinski definition) is 3. The van der Waals surface area contributed by atoms with E-state index in [1.807, 2.05) is 0 Å². The van der Waals surface area contributed by atoms with Crippen LogP contribution >= 0.6 is 11.8 Å². The average molecular weight is 203 g/mol. The molecule has 1 heterocycles. The molecule has 2 N–H and O–H groups in total. The molecule has 1 atom stereocenters. The van der Waals surface area contributed by atoms with Gasteiger partial charge in [0.1, 0.15) is 0 Å². The first-order chi connectivity index (χ1) is 6.04. The summed E-state index contributed by atoms with van der Waals surface area (Å²) in [4.78, 5) is 21.5. The summed E-state index contributed by atoms with van der Waals surface area (Å²) in [5.41, 5.74) is -0.498. The Morgan fingerprint density at radius 1 is 1.62 bits per heavy atom. The molecule has 0 bridgehead atoms. The molecule has 13 heavy (non-hydrogen) atoms. The van der Waals surface area contributed by atoms with Crippen molar-refractivity contribution in [1.29, 1.82) is 0 Å². The van der Waals surface area contributed by atoms with E-state index in [0.717, 1.165) is 12.2 Å². The van der Waals surface area contributed by atoms with Crippen molar-refractivity contribution in [3.05, 3.63) is 0 Å². The molecule has 0 spiro atoms. The van der Waals surface area contributed by atoms with Crippen LogP contribution in [0, 0.1) is 0 Å². The number of rotatable bonds is 3. The van der Waals surface area contributed by atoms with Crippen LogP contribution < -0.4 is 5.32 Å². The van der Waals surface area contributed by atoms with Gasteiger partial charge in [-0.05, 0) is 12.2 Å². The molecule has 1 unspecified atom stereocenters. The van der Waals surface area contributed by atoms with Gasteiger partial charge >= 0.3 is 5.97 Å². The Morgan fingerprint density at radius 3 is 2.69 bits per heavy atom. The quantitative estimate of drug-likeness (QED) is 0.700. The lowest BCUT2D eigenvalue weighted by Gasteiger charge is -2.26. The maximum Gasteiger partial charge on any atom is 0.305 e. The second-order valence-corrected chi connectivity index (χ2v) is 4.44. The number of thioether (sulfide) groups is 1. The summed E-state index contributed by atoms with van der Waals surface area (Å²) in [7, 11) is 0. The lowest BCUT2D eigenvalue weighted by Crippen LogP contribution is -2.49. The fourth-order valence-corrected chi connectivity index (χ4v) is 2.94. The molecule has 0 aromatic carbocycles. The first kappa shape index (κ1) is 10.4. The molecule has 0 saturated carbocycles. The molecule has 1 rings (SSSR count). The molecule has 0 radical (unpaired) electrons. The highest BCUT2D eigenvalue weighted by Crippen LogP contribution is 2.30. The molecule has 1 aliphatic rings. The summed E-state index contributed by atoms with van der Waals surface area (Å²) in [6, 6.07) is 0. The Kier molecular flexibility index (Phi) is 3.19. The van der Waals surface area contributed by atoms with Gasteiger partial charge in [-0.3, -0.25) is 9.59 Å². The van der Waals surface area contributed by atoms with Gasteiger partial charge in [-0.2, -0.15) is 11.8 Å². The van der Waals surface area contributed by atoms with Crippen molar-refractivity contribution in [3.8, 4) is 0 Å². The van der Waals surface area contributed by atoms with Crippen LogP contribution in [-0.4, -0.2) is 34.0 Å². The van der Waals surface area contributed by atoms with Crippen LogP contribution in [0.1, 0.15) is 19.8 Å². The molecule has 1 saturated heterocycles. The highest BCUT2D eigenvalue weighted by Gasteiger charge is 2.37. The van der Waals surface area contributed by atoms with Crippen molar-refractivity contribution in [3.63, 3.8) is 0 Å². The van der Waals surface area contributed by atoms with Gasteiger partial charge in [0.25, 0.3) is 0 Å². The average Bonchev–Trinajstić information content (AvgIpc) is 2.33. The van der Waals surface area contributed by atoms with E-state index in [4.69, 9.17) is 5.11 Å². The molecule has 4 nitrogen and oxygen atoms in total. The first-order valence-electron chi connectivity index (χ1n) is 4.12. The third kappa shape index (κ3) is 2.91. The minimum atomic E-state index is -0.851. The van der Waals surface area contributed by atoms with E-state index >= 15 is 0 Å². The normalized spacial score (nSPS) is 27.2. The minimum absolute atomic E-state index is 0.0274. The Labute approximate surface area is 81.1 Å². The van der Waals surface area contributed by atoms with Crippen LogP contribution in [0.15, 0.2) is 0 Å². The molecule has 0 aromatic heterocycles. The zero-order chi connectivity index (χ0) is 9.90. The molecule has 5 heteroatoms. The summed E-state index contributed by atoms with van der Waals surface area (Å²) in [5.74, 6) is 0.631. The van der Waals surface area contributed by atoms with Crippen molar-refractivity contribution in [2.24, 2.45) is 0 Å². The van der Waals surface area contributed by atoms with E-state index in [1.54, 1.807) is 11.8 Å². The van der Waals surface area contributed by atoms with Crippen molar-refractivity contribution >= 4 is 23.6 Å². The summed E-state index contributed by atoms with van der Waals surface area (Å²) < 4.78 is 0. The molecular weight excluding hydrogens is 190 g/mol. The minimum Gasteiger partial charge on any atom is -0.481 e. The summed E-state index contributed by atoms with van der Waals surface area (Å²) in [6.07, 6.45) is 0.781. The lowest BCUT2D eigenvalue weighted by molar-refractivity contribution is -0.138. The molecule has 1 amide bonds. The van der Waals surface area contributed by atoms with Gasteiger partial charge in [0.2, 0.25) is 5.91 Å². The summed E-state index contributed by atoms with van der Waals surface area (Å²) >= 11 is 1.69. The smallest absolute Gasteiger partial charge is 0.305 e. The third-order valence-corrected chi connectivity index (χ3v) is 3.28. The zero-order valence-electron chi connectivity index (χ0n) is 7.50. The van der Waals surface area contributed by atoms with Crippen molar-refractivity contribution in [1.82, 2.24) is 5.32 Å². The van der Waals surface area contributed by atoms with E-state index < -0.39 is 11.5 Å². The molecule has 1 fully saturated rings. The second kappa shape index (κ2) is 4.00. The summed E-state index contributed by atoms with van der Waals surface area (Å²) in [5, 5.41) is 11.4. The lowest BCUT2D eigenvalue weighted by atomic mass is 9.94. The van der Waals surface area contributed by atoms with E-state index in [2.05, 4.69) is 5.32 Å². The van der Waals surface area contributed by atoms with Crippen molar-refractivity contribution < 1.29 is 14.7 Å². The highest BCUT2D eigenvalue weighted by molar-refractivity contribution is 7.99. The van der Waals surface area contributed by atoms with Gasteiger partial charge < -0.3 is 10.4 Å². The molecular formula is C8H13NO3S. The predicted molar refractivity (Wildman–Crippen MR) is 50.7 cm³/mol. The number of amides is 1. The Bertz CT molecular complexity index is 205. The topological polar surface area (TPSA) is 66.4 Å². The number of carbonyl (C=O) groups is 2. The van der Waals surface area contributed by atoms with Crippen LogP contribution in [0.2, 0.25) is 0 Å². The standard InChI is InChI=1S/C8H13NO3S/c1-6(10)9-8(4-7(11)12)2-3-13-5-8/h2-5H2,1H3,(H,9,10)(H,11,12). The molecule has 74 valence electrons. The van der Waals surface area contributed by atoms with Gasteiger partial charge in [0, 0.05) is 12.7 Å². The number of carboxylic acid groups (broad SMARTS) is 1. The second-order valence-electron chi connectivity index (χ2n) is 3.33. The number of carbonyl (C=O) groups excluding carboxylic acids is 1. The fraction of sp³-hybridized carbons (Fsp3) is 0.750. The van der Waals surface area contributed by atoms with Crippen LogP contribution in [0.3, 0.4) is 0 Å². The van der Waals surface area contributed by atoms with Gasteiger partial charge in [0.05, 0.1) is 12.0 Å². The van der Waals surface area contributed by atoms with Crippen LogP contribution in [0.4, 0.5) is 0 Å². The van der Waals surface area contributed by atoms with Crippen LogP contribution in [0.5, 0.6) is 0 Å². The number of carboxylic acids is 1. The van der Waals surface area contributed by atoms with Gasteiger partial charge in [0.15, 0.2) is 0 Å². The Morgan fingerprint density at radius 2 is 2.31 bits per heavy atom. The van der Waals surface area contributed by atoms with Crippen LogP contribution in [-0.2, 0) is 9.59 Å². The predicted octanol–water partition coefficient (Wildman–Crippen LogP) is 0.473. The first-order valence-corrected chi connectivity index (χ1v) is 5.28. The van der Waals surface area contributed by atoms with Gasteiger partial charge in [-0.15, -0.1) is 0 Å². The molecule has 0 aromatic rings. The largest absolute Gasteiger partial charge is 0.481 e. The SMILES string of the molecule is CC(=O)NC1(CC(=O)O)CCSC1. The van der Waals surface area contributed by atoms with E-state index in [1.165, 1.54) is 6.92 Å². The van der Waals surface area contributed by atoms with Crippen molar-refractivity contribution in [2.45, 2.75) is 25.3 Å². The molecule has 0 aliphatic carbocycles. The number of aliphatic carboxylic acids is 1. The Balaban J connectivity index is 2.62. The van der Waals surface area contributed by atoms with Crippen LogP contribution in [0.25, 0.3) is 0 Å². The van der Waals surface area contributed by atoms with E-state index in [-0.39, 0.29) is 12.3 Å². The third-order valence-electron chi connectivity index (χ3n) is 2.03. The summed E-state index contributed by atoms with van der Waals surface area (Å²) in [6.45, 7) is 1.42. The monoisotopic (exact) mass is 203 g/mol. The van der Waals surface area contributed by atoms with E-state index in [0.29, 0.717) is 5.75 Å². The number of nitrogens with one attached hydrogen (secondary N) is 1. The zero-order valence-corrected chi connectivity index (χ0v) is 8.32. The highest BCUT2D eigenvalue weighted by atomic mass is 32.2. The Hall–Kier alpha value is -0.710.